The van der Waals surface area contributed by atoms with Crippen LogP contribution in [0.25, 0.3) is 0 Å². The fourth-order valence-corrected chi connectivity index (χ4v) is 3.85. The van der Waals surface area contributed by atoms with Crippen LogP contribution in [0.3, 0.4) is 0 Å². The van der Waals surface area contributed by atoms with E-state index in [0.717, 1.165) is 11.1 Å². The molecule has 0 aliphatic rings. The van der Waals surface area contributed by atoms with E-state index in [1.165, 1.54) is 36.5 Å². The van der Waals surface area contributed by atoms with Crippen LogP contribution in [0, 0.1) is 0 Å². The van der Waals surface area contributed by atoms with E-state index in [1.807, 2.05) is 0 Å². The SMILES string of the molecule is CC(=O)Nc1ccc(NS(C)(=O)=O)c(C(=O)NC(C)c2ccc(Cl)s2)c1. The van der Waals surface area contributed by atoms with Gasteiger partial charge in [0.05, 0.1) is 27.9 Å². The van der Waals surface area contributed by atoms with E-state index < -0.39 is 15.9 Å². The number of amides is 2. The molecule has 0 aliphatic heterocycles. The van der Waals surface area contributed by atoms with Crippen molar-refractivity contribution in [1.82, 2.24) is 5.32 Å². The highest BCUT2D eigenvalue weighted by molar-refractivity contribution is 7.92. The van der Waals surface area contributed by atoms with Crippen molar-refractivity contribution in [3.63, 3.8) is 0 Å². The first-order valence-corrected chi connectivity index (χ1v) is 10.6. The molecule has 1 aromatic carbocycles. The molecule has 0 fully saturated rings. The van der Waals surface area contributed by atoms with Gasteiger partial charge >= 0.3 is 0 Å². The summed E-state index contributed by atoms with van der Waals surface area (Å²) in [5, 5.41) is 5.36. The minimum atomic E-state index is -3.58. The topological polar surface area (TPSA) is 104 Å². The summed E-state index contributed by atoms with van der Waals surface area (Å²) >= 11 is 7.26. The van der Waals surface area contributed by atoms with E-state index in [9.17, 15) is 18.0 Å². The summed E-state index contributed by atoms with van der Waals surface area (Å²) in [5.41, 5.74) is 0.597. The molecular formula is C16H18ClN3O4S2. The lowest BCUT2D eigenvalue weighted by atomic mass is 10.1. The van der Waals surface area contributed by atoms with Gasteiger partial charge in [0, 0.05) is 17.5 Å². The lowest BCUT2D eigenvalue weighted by Crippen LogP contribution is -2.27. The maximum Gasteiger partial charge on any atom is 0.253 e. The molecule has 1 atom stereocenters. The molecule has 0 aliphatic carbocycles. The molecule has 0 saturated carbocycles. The Morgan fingerprint density at radius 2 is 1.88 bits per heavy atom. The predicted octanol–water partition coefficient (Wildman–Crippen LogP) is 3.22. The maximum atomic E-state index is 12.7. The second kappa shape index (κ2) is 8.07. The summed E-state index contributed by atoms with van der Waals surface area (Å²) in [5.74, 6) is -0.790. The number of carbonyl (C=O) groups is 2. The van der Waals surface area contributed by atoms with E-state index in [2.05, 4.69) is 15.4 Å². The van der Waals surface area contributed by atoms with Crippen molar-refractivity contribution in [2.24, 2.45) is 0 Å². The van der Waals surface area contributed by atoms with Crippen LogP contribution in [-0.4, -0.2) is 26.5 Å². The number of hydrogen-bond acceptors (Lipinski definition) is 5. The molecule has 0 radical (unpaired) electrons. The third-order valence-corrected chi connectivity index (χ3v) is 5.25. The molecule has 1 heterocycles. The van der Waals surface area contributed by atoms with Crippen molar-refractivity contribution in [2.45, 2.75) is 19.9 Å². The van der Waals surface area contributed by atoms with Gasteiger partial charge in [0.1, 0.15) is 0 Å². The third kappa shape index (κ3) is 5.72. The van der Waals surface area contributed by atoms with Crippen LogP contribution in [0.15, 0.2) is 30.3 Å². The summed E-state index contributed by atoms with van der Waals surface area (Å²) in [7, 11) is -3.58. The van der Waals surface area contributed by atoms with Gasteiger partial charge in [0.15, 0.2) is 0 Å². The molecule has 0 saturated heterocycles. The normalized spacial score (nSPS) is 12.3. The van der Waals surface area contributed by atoms with Crippen LogP contribution in [0.1, 0.15) is 35.1 Å². The number of thiophene rings is 1. The molecule has 1 aromatic heterocycles. The average Bonchev–Trinajstić information content (AvgIpc) is 2.93. The maximum absolute atomic E-state index is 12.7. The molecule has 2 aromatic rings. The van der Waals surface area contributed by atoms with E-state index >= 15 is 0 Å². The molecule has 2 amide bonds. The fraction of sp³-hybridized carbons (Fsp3) is 0.250. The molecule has 10 heteroatoms. The molecule has 7 nitrogen and oxygen atoms in total. The van der Waals surface area contributed by atoms with Crippen LogP contribution >= 0.6 is 22.9 Å². The van der Waals surface area contributed by atoms with Crippen LogP contribution in [0.5, 0.6) is 0 Å². The smallest absolute Gasteiger partial charge is 0.253 e. The van der Waals surface area contributed by atoms with Crippen LogP contribution < -0.4 is 15.4 Å². The average molecular weight is 416 g/mol. The molecule has 1 unspecified atom stereocenters. The number of nitrogens with one attached hydrogen (secondary N) is 3. The number of benzene rings is 1. The van der Waals surface area contributed by atoms with Crippen molar-refractivity contribution in [2.75, 3.05) is 16.3 Å². The number of sulfonamides is 1. The van der Waals surface area contributed by atoms with Gasteiger partial charge in [-0.2, -0.15) is 0 Å². The van der Waals surface area contributed by atoms with Crippen molar-refractivity contribution >= 4 is 56.2 Å². The molecule has 0 spiro atoms. The Balaban J connectivity index is 2.33. The zero-order valence-corrected chi connectivity index (χ0v) is 16.7. The van der Waals surface area contributed by atoms with E-state index in [4.69, 9.17) is 11.6 Å². The first-order chi connectivity index (χ1) is 12.0. The highest BCUT2D eigenvalue weighted by atomic mass is 35.5. The Labute approximate surface area is 160 Å². The first kappa shape index (κ1) is 20.2. The van der Waals surface area contributed by atoms with Crippen molar-refractivity contribution in [3.05, 3.63) is 45.1 Å². The molecule has 26 heavy (non-hydrogen) atoms. The van der Waals surface area contributed by atoms with Gasteiger partial charge in [-0.1, -0.05) is 11.6 Å². The number of hydrogen-bond donors (Lipinski definition) is 3. The molecule has 2 rings (SSSR count). The summed E-state index contributed by atoms with van der Waals surface area (Å²) < 4.78 is 26.0. The van der Waals surface area contributed by atoms with E-state index in [0.29, 0.717) is 10.0 Å². The Kier molecular flexibility index (Phi) is 6.27. The lowest BCUT2D eigenvalue weighted by molar-refractivity contribution is -0.114. The second-order valence-corrected chi connectivity index (χ2v) is 9.15. The Morgan fingerprint density at radius 3 is 2.42 bits per heavy atom. The van der Waals surface area contributed by atoms with Gasteiger partial charge < -0.3 is 10.6 Å². The summed E-state index contributed by atoms with van der Waals surface area (Å²) in [6.07, 6.45) is 0.993. The van der Waals surface area contributed by atoms with Gasteiger partial charge in [0.2, 0.25) is 15.9 Å². The fourth-order valence-electron chi connectivity index (χ4n) is 2.21. The van der Waals surface area contributed by atoms with Gasteiger partial charge in [-0.25, -0.2) is 8.42 Å². The number of rotatable bonds is 6. The van der Waals surface area contributed by atoms with E-state index in [1.54, 1.807) is 19.1 Å². The second-order valence-electron chi connectivity index (χ2n) is 5.65. The Morgan fingerprint density at radius 1 is 1.19 bits per heavy atom. The predicted molar refractivity (Wildman–Crippen MR) is 104 cm³/mol. The van der Waals surface area contributed by atoms with Crippen LogP contribution in [-0.2, 0) is 14.8 Å². The van der Waals surface area contributed by atoms with Gasteiger partial charge in [0.25, 0.3) is 5.91 Å². The summed E-state index contributed by atoms with van der Waals surface area (Å²) in [4.78, 5) is 24.8. The molecular weight excluding hydrogens is 398 g/mol. The zero-order chi connectivity index (χ0) is 19.5. The quantitative estimate of drug-likeness (QED) is 0.673. The van der Waals surface area contributed by atoms with Crippen molar-refractivity contribution < 1.29 is 18.0 Å². The van der Waals surface area contributed by atoms with Crippen molar-refractivity contribution in [1.29, 1.82) is 0 Å². The molecule has 0 bridgehead atoms. The summed E-state index contributed by atoms with van der Waals surface area (Å²) in [6, 6.07) is 7.57. The largest absolute Gasteiger partial charge is 0.345 e. The van der Waals surface area contributed by atoms with E-state index in [-0.39, 0.29) is 23.2 Å². The third-order valence-electron chi connectivity index (χ3n) is 3.25. The first-order valence-electron chi connectivity index (χ1n) is 7.50. The van der Waals surface area contributed by atoms with Crippen LogP contribution in [0.2, 0.25) is 4.34 Å². The Bertz CT molecular complexity index is 941. The van der Waals surface area contributed by atoms with Crippen LogP contribution in [0.4, 0.5) is 11.4 Å². The van der Waals surface area contributed by atoms with Gasteiger partial charge in [-0.3, -0.25) is 14.3 Å². The minimum Gasteiger partial charge on any atom is -0.345 e. The summed E-state index contributed by atoms with van der Waals surface area (Å²) in [6.45, 7) is 3.13. The highest BCUT2D eigenvalue weighted by Gasteiger charge is 2.18. The standard InChI is InChI=1S/C16H18ClN3O4S2/c1-9(14-6-7-15(17)25-14)18-16(22)12-8-11(19-10(2)21)4-5-13(12)20-26(3,23)24/h4-9,20H,1-3H3,(H,18,22)(H,19,21). The van der Waals surface area contributed by atoms with Gasteiger partial charge in [-0.05, 0) is 37.3 Å². The highest BCUT2D eigenvalue weighted by Crippen LogP contribution is 2.28. The minimum absolute atomic E-state index is 0.0937. The molecule has 140 valence electrons. The molecule has 3 N–H and O–H groups in total. The lowest BCUT2D eigenvalue weighted by Gasteiger charge is -2.16. The number of anilines is 2. The Hall–Kier alpha value is -2.10. The number of carbonyl (C=O) groups excluding carboxylic acids is 2. The number of halogens is 1. The monoisotopic (exact) mass is 415 g/mol. The zero-order valence-electron chi connectivity index (χ0n) is 14.3. The van der Waals surface area contributed by atoms with Gasteiger partial charge in [-0.15, -0.1) is 11.3 Å². The van der Waals surface area contributed by atoms with Crippen molar-refractivity contribution in [3.8, 4) is 0 Å².